The second-order valence-electron chi connectivity index (χ2n) is 14.6. The number of carbonyl (C=O) groups excluding carboxylic acids is 1. The minimum atomic E-state index is -4.15. The second-order valence-corrected chi connectivity index (χ2v) is 16.1. The molecule has 0 saturated heterocycles. The number of nitrogens with zero attached hydrogens (tertiary/aromatic N) is 4. The van der Waals surface area contributed by atoms with Gasteiger partial charge in [-0.3, -0.25) is 4.79 Å². The predicted octanol–water partition coefficient (Wildman–Crippen LogP) is 8.15. The Morgan fingerprint density at radius 1 is 0.831 bits per heavy atom. The monoisotopic (exact) mass is 818 g/mol. The standard InChI is InChI=1S/C46H50N4O8S/c1-5-56-45(51)28-42(40-19-20-43-46(33(40)3)47-48-49(43)22-23-54-24-25-55-30-35-12-8-6-9-13-35)37-17-16-32(2)41(27-37)34(4)50-29-38-26-39(18-21-44(38)58-59(50,52)53)57-31-36-14-10-7-11-15-36/h6-21,26-27,34,42H,5,22-25,28-31H2,1-4H3/t34-,42?/m1/s1. The topological polar surface area (TPSA) is 131 Å². The number of hydrogen-bond donors (Lipinski definition) is 0. The van der Waals surface area contributed by atoms with Crippen molar-refractivity contribution in [1.82, 2.24) is 19.3 Å². The fraction of sp³-hybridized carbons (Fsp3) is 0.326. The van der Waals surface area contributed by atoms with Gasteiger partial charge < -0.3 is 23.1 Å². The molecule has 0 fully saturated rings. The molecule has 0 saturated carbocycles. The summed E-state index contributed by atoms with van der Waals surface area (Å²) in [5.74, 6) is 0.146. The van der Waals surface area contributed by atoms with Crippen LogP contribution in [0, 0.1) is 13.8 Å². The molecule has 6 aromatic rings. The lowest BCUT2D eigenvalue weighted by Crippen LogP contribution is -2.39. The van der Waals surface area contributed by atoms with Gasteiger partial charge >= 0.3 is 16.3 Å². The maximum atomic E-state index is 13.7. The molecule has 12 nitrogen and oxygen atoms in total. The fourth-order valence-electron chi connectivity index (χ4n) is 7.47. The Balaban J connectivity index is 1.08. The van der Waals surface area contributed by atoms with Crippen LogP contribution in [0.3, 0.4) is 0 Å². The van der Waals surface area contributed by atoms with Gasteiger partial charge in [-0.05, 0) is 90.9 Å². The third-order valence-corrected chi connectivity index (χ3v) is 12.1. The van der Waals surface area contributed by atoms with E-state index < -0.39 is 22.3 Å². The van der Waals surface area contributed by atoms with E-state index >= 15 is 0 Å². The number of esters is 1. The number of fused-ring (bicyclic) bond motifs is 2. The van der Waals surface area contributed by atoms with Crippen LogP contribution in [0.5, 0.6) is 11.5 Å². The lowest BCUT2D eigenvalue weighted by atomic mass is 9.83. The summed E-state index contributed by atoms with van der Waals surface area (Å²) in [7, 11) is -4.15. The molecule has 2 atom stereocenters. The highest BCUT2D eigenvalue weighted by Gasteiger charge is 2.37. The maximum Gasteiger partial charge on any atom is 0.386 e. The third kappa shape index (κ3) is 9.99. The Morgan fingerprint density at radius 2 is 1.56 bits per heavy atom. The van der Waals surface area contributed by atoms with E-state index in [0.717, 1.165) is 50.0 Å². The van der Waals surface area contributed by atoms with Crippen molar-refractivity contribution < 1.29 is 36.3 Å². The van der Waals surface area contributed by atoms with Crippen LogP contribution >= 0.6 is 0 Å². The van der Waals surface area contributed by atoms with Crippen LogP contribution in [-0.2, 0) is 55.6 Å². The molecule has 308 valence electrons. The summed E-state index contributed by atoms with van der Waals surface area (Å²) >= 11 is 0. The molecule has 59 heavy (non-hydrogen) atoms. The lowest BCUT2D eigenvalue weighted by molar-refractivity contribution is -0.143. The minimum absolute atomic E-state index is 0.0790. The molecule has 1 aliphatic heterocycles. The first-order valence-corrected chi connectivity index (χ1v) is 21.3. The van der Waals surface area contributed by atoms with Gasteiger partial charge in [-0.15, -0.1) is 5.10 Å². The highest BCUT2D eigenvalue weighted by atomic mass is 32.2. The lowest BCUT2D eigenvalue weighted by Gasteiger charge is -2.33. The number of aryl methyl sites for hydroxylation is 2. The van der Waals surface area contributed by atoms with E-state index in [1.807, 2.05) is 123 Å². The molecule has 0 radical (unpaired) electrons. The second kappa shape index (κ2) is 19.0. The normalized spacial score (nSPS) is 14.6. The van der Waals surface area contributed by atoms with Crippen LogP contribution in [-0.4, -0.2) is 60.1 Å². The van der Waals surface area contributed by atoms with Gasteiger partial charge in [-0.2, -0.15) is 12.7 Å². The number of rotatable bonds is 18. The van der Waals surface area contributed by atoms with E-state index in [4.69, 9.17) is 23.1 Å². The smallest absolute Gasteiger partial charge is 0.386 e. The molecule has 0 amide bonds. The van der Waals surface area contributed by atoms with Crippen molar-refractivity contribution in [3.63, 3.8) is 0 Å². The molecule has 0 bridgehead atoms. The summed E-state index contributed by atoms with van der Waals surface area (Å²) in [5, 5.41) is 8.98. The van der Waals surface area contributed by atoms with Crippen LogP contribution < -0.4 is 8.92 Å². The van der Waals surface area contributed by atoms with Crippen molar-refractivity contribution in [2.24, 2.45) is 0 Å². The number of benzene rings is 5. The number of carbonyl (C=O) groups is 1. The van der Waals surface area contributed by atoms with Crippen LogP contribution in [0.2, 0.25) is 0 Å². The van der Waals surface area contributed by atoms with Crippen LogP contribution in [0.25, 0.3) is 11.0 Å². The summed E-state index contributed by atoms with van der Waals surface area (Å²) < 4.78 is 59.2. The summed E-state index contributed by atoms with van der Waals surface area (Å²) in [6.45, 7) is 10.7. The Bertz CT molecular complexity index is 2480. The van der Waals surface area contributed by atoms with Crippen molar-refractivity contribution >= 4 is 27.3 Å². The van der Waals surface area contributed by atoms with Gasteiger partial charge in [0, 0.05) is 18.0 Å². The molecule has 13 heteroatoms. The SMILES string of the molecule is CCOC(=O)CC(c1ccc(C)c([C@@H](C)N2Cc3cc(OCc4ccccc4)ccc3OS2(=O)=O)c1)c1ccc2c(nnn2CCOCCOCc2ccccc2)c1C. The van der Waals surface area contributed by atoms with Crippen LogP contribution in [0.1, 0.15) is 76.7 Å². The quantitative estimate of drug-likeness (QED) is 0.0619. The van der Waals surface area contributed by atoms with E-state index in [0.29, 0.717) is 50.9 Å². The Kier molecular flexibility index (Phi) is 13.4. The zero-order chi connectivity index (χ0) is 41.4. The van der Waals surface area contributed by atoms with Gasteiger partial charge in [0.05, 0.1) is 57.6 Å². The van der Waals surface area contributed by atoms with Gasteiger partial charge in [-0.25, -0.2) is 4.68 Å². The average molecular weight is 819 g/mol. The predicted molar refractivity (Wildman–Crippen MR) is 224 cm³/mol. The molecule has 1 aliphatic rings. The Labute approximate surface area is 345 Å². The maximum absolute atomic E-state index is 13.7. The first-order chi connectivity index (χ1) is 28.6. The van der Waals surface area contributed by atoms with E-state index in [-0.39, 0.29) is 31.3 Å². The highest BCUT2D eigenvalue weighted by Crippen LogP contribution is 2.40. The molecular weight excluding hydrogens is 769 g/mol. The zero-order valence-corrected chi connectivity index (χ0v) is 34.7. The van der Waals surface area contributed by atoms with Crippen molar-refractivity contribution in [2.45, 2.75) is 72.4 Å². The molecular formula is C46H50N4O8S. The largest absolute Gasteiger partial charge is 0.489 e. The molecule has 5 aromatic carbocycles. The van der Waals surface area contributed by atoms with Crippen molar-refractivity contribution in [3.05, 3.63) is 154 Å². The number of hydrogen-bond acceptors (Lipinski definition) is 10. The van der Waals surface area contributed by atoms with E-state index in [9.17, 15) is 13.2 Å². The first kappa shape index (κ1) is 41.6. The zero-order valence-electron chi connectivity index (χ0n) is 33.9. The molecule has 1 unspecified atom stereocenters. The van der Waals surface area contributed by atoms with Crippen molar-refractivity contribution in [3.8, 4) is 11.5 Å². The van der Waals surface area contributed by atoms with Crippen molar-refractivity contribution in [2.75, 3.05) is 26.4 Å². The summed E-state index contributed by atoms with van der Waals surface area (Å²) in [6.07, 6.45) is 0.0790. The number of ether oxygens (including phenoxy) is 4. The fourth-order valence-corrected chi connectivity index (χ4v) is 8.75. The molecule has 0 N–H and O–H groups in total. The van der Waals surface area contributed by atoms with E-state index in [1.165, 1.54) is 4.31 Å². The average Bonchev–Trinajstić information content (AvgIpc) is 3.66. The molecule has 1 aromatic heterocycles. The summed E-state index contributed by atoms with van der Waals surface area (Å²) in [5.41, 5.74) is 8.75. The van der Waals surface area contributed by atoms with E-state index in [2.05, 4.69) is 10.3 Å². The molecule has 0 aliphatic carbocycles. The van der Waals surface area contributed by atoms with E-state index in [1.54, 1.807) is 19.1 Å². The molecule has 7 rings (SSSR count). The summed E-state index contributed by atoms with van der Waals surface area (Å²) in [6, 6.07) is 34.4. The minimum Gasteiger partial charge on any atom is -0.489 e. The first-order valence-electron chi connectivity index (χ1n) is 19.9. The van der Waals surface area contributed by atoms with Gasteiger partial charge in [0.1, 0.15) is 23.6 Å². The van der Waals surface area contributed by atoms with Crippen molar-refractivity contribution in [1.29, 1.82) is 0 Å². The summed E-state index contributed by atoms with van der Waals surface area (Å²) in [4.78, 5) is 13.2. The van der Waals surface area contributed by atoms with Crippen LogP contribution in [0.4, 0.5) is 0 Å². The Hall–Kier alpha value is -5.60. The molecule has 2 heterocycles. The highest BCUT2D eigenvalue weighted by molar-refractivity contribution is 7.84. The van der Waals surface area contributed by atoms with Gasteiger partial charge in [0.25, 0.3) is 0 Å². The van der Waals surface area contributed by atoms with Gasteiger partial charge in [-0.1, -0.05) is 90.1 Å². The third-order valence-electron chi connectivity index (χ3n) is 10.6. The van der Waals surface area contributed by atoms with Gasteiger partial charge in [0.2, 0.25) is 0 Å². The number of aromatic nitrogens is 3. The van der Waals surface area contributed by atoms with Crippen LogP contribution in [0.15, 0.2) is 109 Å². The van der Waals surface area contributed by atoms with Gasteiger partial charge in [0.15, 0.2) is 0 Å². The molecule has 0 spiro atoms. The Morgan fingerprint density at radius 3 is 2.31 bits per heavy atom.